The zero-order valence-corrected chi connectivity index (χ0v) is 17.0. The van der Waals surface area contributed by atoms with Crippen LogP contribution in [0.15, 0.2) is 23.8 Å². The predicted octanol–water partition coefficient (Wildman–Crippen LogP) is 3.76. The average Bonchev–Trinajstić information content (AvgIpc) is 3.62. The van der Waals surface area contributed by atoms with Crippen LogP contribution in [0.2, 0.25) is 0 Å². The van der Waals surface area contributed by atoms with Gasteiger partial charge in [-0.3, -0.25) is 4.79 Å². The summed E-state index contributed by atoms with van der Waals surface area (Å²) >= 11 is 0. The molecule has 0 spiro atoms. The van der Waals surface area contributed by atoms with Gasteiger partial charge in [-0.1, -0.05) is 19.1 Å². The van der Waals surface area contributed by atoms with E-state index in [1.165, 1.54) is 31.3 Å². The summed E-state index contributed by atoms with van der Waals surface area (Å²) in [6, 6.07) is 0. The van der Waals surface area contributed by atoms with E-state index in [0.29, 0.717) is 35.0 Å². The van der Waals surface area contributed by atoms with Crippen LogP contribution in [0.4, 0.5) is 0 Å². The van der Waals surface area contributed by atoms with Gasteiger partial charge >= 0.3 is 0 Å². The molecule has 11 atom stereocenters. The fourth-order valence-electron chi connectivity index (χ4n) is 9.33. The van der Waals surface area contributed by atoms with Gasteiger partial charge in [0.05, 0.1) is 12.7 Å². The number of hydrogen-bond acceptors (Lipinski definition) is 3. The molecule has 6 rings (SSSR count). The minimum atomic E-state index is -0.539. The van der Waals surface area contributed by atoms with Gasteiger partial charge in [0.1, 0.15) is 0 Å². The van der Waals surface area contributed by atoms with Gasteiger partial charge in [-0.05, 0) is 109 Å². The van der Waals surface area contributed by atoms with Crippen molar-refractivity contribution < 1.29 is 15.0 Å². The Bertz CT molecular complexity index is 768. The molecule has 5 saturated carbocycles. The largest absolute Gasteiger partial charge is 0.392 e. The topological polar surface area (TPSA) is 57.5 Å². The molecule has 5 fully saturated rings. The van der Waals surface area contributed by atoms with Gasteiger partial charge < -0.3 is 10.2 Å². The molecule has 0 aromatic heterocycles. The summed E-state index contributed by atoms with van der Waals surface area (Å²) in [6.07, 6.45) is 9.56. The highest BCUT2D eigenvalue weighted by Gasteiger charge is 2.74. The van der Waals surface area contributed by atoms with Crippen LogP contribution in [0.5, 0.6) is 0 Å². The molecule has 6 aliphatic rings. The highest BCUT2D eigenvalue weighted by molar-refractivity contribution is 5.91. The number of ketones is 1. The lowest BCUT2D eigenvalue weighted by atomic mass is 9.48. The molecule has 0 aromatic carbocycles. The lowest BCUT2D eigenvalue weighted by Crippen LogP contribution is -2.52. The number of rotatable bonds is 4. The zero-order chi connectivity index (χ0) is 19.4. The van der Waals surface area contributed by atoms with Crippen molar-refractivity contribution in [2.45, 2.75) is 58.0 Å². The third-order valence-electron chi connectivity index (χ3n) is 10.4. The standard InChI is InChI=1S/C25H34O3/c1-3-25-7-6-15-14-5-4-13(27)8-16(14)17-9-18(17)21(15)22(25)19-10-20(19)23(25)24(28)12(2)11-26/h8,14-15,17-24,26,28H,2-7,9-11H2,1H3/t14?,15?,17-,18?,19+,20-,21?,22?,23?,24-,25?/m0/s1. The van der Waals surface area contributed by atoms with E-state index in [2.05, 4.69) is 13.5 Å². The Hall–Kier alpha value is -0.930. The van der Waals surface area contributed by atoms with Gasteiger partial charge in [0.25, 0.3) is 0 Å². The van der Waals surface area contributed by atoms with E-state index in [-0.39, 0.29) is 12.0 Å². The van der Waals surface area contributed by atoms with Crippen LogP contribution in [0.1, 0.15) is 51.9 Å². The number of aliphatic hydroxyl groups is 2. The lowest BCUT2D eigenvalue weighted by molar-refractivity contribution is -0.116. The second kappa shape index (κ2) is 5.82. The van der Waals surface area contributed by atoms with Crippen molar-refractivity contribution in [3.05, 3.63) is 23.8 Å². The van der Waals surface area contributed by atoms with Crippen LogP contribution < -0.4 is 0 Å². The van der Waals surface area contributed by atoms with Gasteiger partial charge in [-0.2, -0.15) is 0 Å². The van der Waals surface area contributed by atoms with E-state index < -0.39 is 6.10 Å². The summed E-state index contributed by atoms with van der Waals surface area (Å²) < 4.78 is 0. The van der Waals surface area contributed by atoms with Crippen molar-refractivity contribution in [3.8, 4) is 0 Å². The lowest BCUT2D eigenvalue weighted by Gasteiger charge is -2.57. The molecule has 2 N–H and O–H groups in total. The summed E-state index contributed by atoms with van der Waals surface area (Å²) in [5, 5.41) is 20.7. The van der Waals surface area contributed by atoms with E-state index >= 15 is 0 Å². The number of aliphatic hydroxyl groups excluding tert-OH is 2. The normalized spacial score (nSPS) is 53.8. The molecule has 6 aliphatic carbocycles. The van der Waals surface area contributed by atoms with Crippen LogP contribution in [0.3, 0.4) is 0 Å². The maximum Gasteiger partial charge on any atom is 0.155 e. The summed E-state index contributed by atoms with van der Waals surface area (Å²) in [7, 11) is 0. The quantitative estimate of drug-likeness (QED) is 0.728. The second-order valence-electron chi connectivity index (χ2n) is 11.0. The highest BCUT2D eigenvalue weighted by Crippen LogP contribution is 2.79. The molecule has 0 heterocycles. The maximum atomic E-state index is 12.1. The third-order valence-corrected chi connectivity index (χ3v) is 10.4. The smallest absolute Gasteiger partial charge is 0.155 e. The van der Waals surface area contributed by atoms with E-state index in [1.807, 2.05) is 6.08 Å². The fraction of sp³-hybridized carbons (Fsp3) is 0.800. The Morgan fingerprint density at radius 1 is 1.21 bits per heavy atom. The molecule has 28 heavy (non-hydrogen) atoms. The van der Waals surface area contributed by atoms with E-state index in [9.17, 15) is 15.0 Å². The van der Waals surface area contributed by atoms with Crippen molar-refractivity contribution in [2.75, 3.05) is 6.61 Å². The van der Waals surface area contributed by atoms with E-state index in [0.717, 1.165) is 48.9 Å². The van der Waals surface area contributed by atoms with Gasteiger partial charge in [-0.25, -0.2) is 0 Å². The summed E-state index contributed by atoms with van der Waals surface area (Å²) in [4.78, 5) is 12.1. The van der Waals surface area contributed by atoms with Crippen LogP contribution in [-0.4, -0.2) is 28.7 Å². The zero-order valence-electron chi connectivity index (χ0n) is 17.0. The Morgan fingerprint density at radius 3 is 2.79 bits per heavy atom. The van der Waals surface area contributed by atoms with E-state index in [4.69, 9.17) is 0 Å². The highest BCUT2D eigenvalue weighted by atomic mass is 16.3. The van der Waals surface area contributed by atoms with Gasteiger partial charge in [0.2, 0.25) is 0 Å². The number of fused-ring (bicyclic) bond motifs is 10. The number of carbonyl (C=O) groups excluding carboxylic acids is 1. The van der Waals surface area contributed by atoms with Gasteiger partial charge in [0.15, 0.2) is 5.78 Å². The van der Waals surface area contributed by atoms with Crippen LogP contribution in [0.25, 0.3) is 0 Å². The summed E-state index contributed by atoms with van der Waals surface area (Å²) in [5.74, 6) is 6.58. The first-order valence-electron chi connectivity index (χ1n) is 11.7. The van der Waals surface area contributed by atoms with Gasteiger partial charge in [0, 0.05) is 6.42 Å². The van der Waals surface area contributed by atoms with Crippen molar-refractivity contribution in [1.82, 2.24) is 0 Å². The molecule has 0 aliphatic heterocycles. The Morgan fingerprint density at radius 2 is 2.04 bits per heavy atom. The monoisotopic (exact) mass is 382 g/mol. The van der Waals surface area contributed by atoms with Crippen molar-refractivity contribution in [3.63, 3.8) is 0 Å². The number of allylic oxidation sites excluding steroid dienone is 1. The second-order valence-corrected chi connectivity index (χ2v) is 11.0. The molecule has 0 amide bonds. The fourth-order valence-corrected chi connectivity index (χ4v) is 9.33. The first kappa shape index (κ1) is 17.9. The molecular formula is C25H34O3. The van der Waals surface area contributed by atoms with Crippen molar-refractivity contribution >= 4 is 5.78 Å². The molecule has 3 heteroatoms. The number of carbonyl (C=O) groups is 1. The Balaban J connectivity index is 1.38. The predicted molar refractivity (Wildman–Crippen MR) is 107 cm³/mol. The molecular weight excluding hydrogens is 348 g/mol. The Kier molecular flexibility index (Phi) is 3.72. The SMILES string of the molecule is C=C(CO)[C@H](O)C1[C@H]2C[C@H]2C2C3C(CCC12CC)C1CCC(=O)C=C1[C@@H]1CC31. The Labute approximate surface area is 168 Å². The van der Waals surface area contributed by atoms with E-state index in [1.54, 1.807) is 0 Å². The molecule has 152 valence electrons. The van der Waals surface area contributed by atoms with Crippen LogP contribution in [-0.2, 0) is 4.79 Å². The van der Waals surface area contributed by atoms with Crippen molar-refractivity contribution in [2.24, 2.45) is 58.7 Å². The minimum absolute atomic E-state index is 0.0967. The van der Waals surface area contributed by atoms with Crippen LogP contribution in [0, 0.1) is 58.7 Å². The molecule has 3 nitrogen and oxygen atoms in total. The summed E-state index contributed by atoms with van der Waals surface area (Å²) in [5.41, 5.74) is 2.39. The van der Waals surface area contributed by atoms with Crippen LogP contribution >= 0.6 is 0 Å². The minimum Gasteiger partial charge on any atom is -0.392 e. The average molecular weight is 383 g/mol. The first-order chi connectivity index (χ1) is 13.5. The molecule has 0 radical (unpaired) electrons. The summed E-state index contributed by atoms with van der Waals surface area (Å²) in [6.45, 7) is 6.25. The first-order valence-corrected chi connectivity index (χ1v) is 11.7. The van der Waals surface area contributed by atoms with Gasteiger partial charge in [-0.15, -0.1) is 0 Å². The molecule has 0 bridgehead atoms. The number of hydrogen-bond donors (Lipinski definition) is 2. The molecule has 0 saturated heterocycles. The molecule has 0 aromatic rings. The maximum absolute atomic E-state index is 12.1. The molecule has 7 unspecified atom stereocenters. The third kappa shape index (κ3) is 2.10. The van der Waals surface area contributed by atoms with Crippen molar-refractivity contribution in [1.29, 1.82) is 0 Å².